The highest BCUT2D eigenvalue weighted by molar-refractivity contribution is 5.85. The maximum Gasteiger partial charge on any atom is 0.273 e. The van der Waals surface area contributed by atoms with Crippen LogP contribution in [-0.4, -0.2) is 26.3 Å². The number of hydrogen-bond acceptors (Lipinski definition) is 5. The number of hydrazone groups is 1. The third-order valence-corrected chi connectivity index (χ3v) is 4.39. The Morgan fingerprint density at radius 2 is 1.67 bits per heavy atom. The fraction of sp³-hybridized carbons (Fsp3) is 0.167. The van der Waals surface area contributed by atoms with Crippen LogP contribution >= 0.6 is 0 Å². The number of nitrogens with one attached hydrogen (secondary N) is 1. The highest BCUT2D eigenvalue weighted by Gasteiger charge is 2.19. The normalized spacial score (nSPS) is 11.8. The summed E-state index contributed by atoms with van der Waals surface area (Å²) in [4.78, 5) is 12.4. The Labute approximate surface area is 176 Å². The monoisotopic (exact) mass is 404 g/mol. The first kappa shape index (κ1) is 21.1. The van der Waals surface area contributed by atoms with Crippen LogP contribution in [-0.2, 0) is 16.1 Å². The standard InChI is InChI=1S/C24H24N2O4/c1-28-22-15-19(13-14-21(22)30-17-18-9-5-3-6-10-18)16-25-26-24(27)23(29-2)20-11-7-4-8-12-20/h3-16,23H,17H2,1-2H3,(H,26,27)/b25-16-/t23-/m1/s1. The van der Waals surface area contributed by atoms with Gasteiger partial charge in [-0.05, 0) is 34.9 Å². The Morgan fingerprint density at radius 3 is 2.33 bits per heavy atom. The Hall–Kier alpha value is -3.64. The Balaban J connectivity index is 1.62. The molecule has 154 valence electrons. The van der Waals surface area contributed by atoms with Gasteiger partial charge in [-0.1, -0.05) is 60.7 Å². The van der Waals surface area contributed by atoms with E-state index in [-0.39, 0.29) is 5.91 Å². The van der Waals surface area contributed by atoms with Gasteiger partial charge in [-0.15, -0.1) is 0 Å². The molecular formula is C24H24N2O4. The molecule has 30 heavy (non-hydrogen) atoms. The number of ether oxygens (including phenoxy) is 3. The molecule has 3 rings (SSSR count). The lowest BCUT2D eigenvalue weighted by Crippen LogP contribution is -2.26. The largest absolute Gasteiger partial charge is 0.493 e. The minimum absolute atomic E-state index is 0.352. The Bertz CT molecular complexity index is 975. The highest BCUT2D eigenvalue weighted by Crippen LogP contribution is 2.28. The molecule has 0 aliphatic rings. The van der Waals surface area contributed by atoms with E-state index in [0.717, 1.165) is 16.7 Å². The molecule has 0 spiro atoms. The molecule has 0 bridgehead atoms. The van der Waals surface area contributed by atoms with Gasteiger partial charge >= 0.3 is 0 Å². The van der Waals surface area contributed by atoms with Crippen molar-refractivity contribution in [2.24, 2.45) is 5.10 Å². The van der Waals surface area contributed by atoms with Crippen LogP contribution < -0.4 is 14.9 Å². The summed E-state index contributed by atoms with van der Waals surface area (Å²) in [5, 5.41) is 4.03. The molecule has 3 aromatic carbocycles. The van der Waals surface area contributed by atoms with Crippen LogP contribution in [0.3, 0.4) is 0 Å². The van der Waals surface area contributed by atoms with Gasteiger partial charge in [0.05, 0.1) is 13.3 Å². The van der Waals surface area contributed by atoms with E-state index in [4.69, 9.17) is 14.2 Å². The first-order valence-corrected chi connectivity index (χ1v) is 9.46. The summed E-state index contributed by atoms with van der Waals surface area (Å²) >= 11 is 0. The first-order chi connectivity index (χ1) is 14.7. The minimum atomic E-state index is -0.730. The zero-order chi connectivity index (χ0) is 21.2. The number of carbonyl (C=O) groups excluding carboxylic acids is 1. The van der Waals surface area contributed by atoms with E-state index in [1.807, 2.05) is 72.8 Å². The lowest BCUT2D eigenvalue weighted by Gasteiger charge is -2.13. The van der Waals surface area contributed by atoms with E-state index in [9.17, 15) is 4.79 Å². The molecule has 1 atom stereocenters. The second-order valence-corrected chi connectivity index (χ2v) is 6.45. The van der Waals surface area contributed by atoms with E-state index in [0.29, 0.717) is 18.1 Å². The maximum atomic E-state index is 12.4. The third-order valence-electron chi connectivity index (χ3n) is 4.39. The summed E-state index contributed by atoms with van der Waals surface area (Å²) in [6.45, 7) is 0.443. The average molecular weight is 404 g/mol. The van der Waals surface area contributed by atoms with Gasteiger partial charge in [0.25, 0.3) is 5.91 Å². The molecule has 0 saturated carbocycles. The zero-order valence-corrected chi connectivity index (χ0v) is 16.9. The van der Waals surface area contributed by atoms with Crippen LogP contribution in [0.4, 0.5) is 0 Å². The van der Waals surface area contributed by atoms with E-state index >= 15 is 0 Å². The molecule has 0 fully saturated rings. The van der Waals surface area contributed by atoms with Crippen LogP contribution in [0, 0.1) is 0 Å². The van der Waals surface area contributed by atoms with E-state index in [1.54, 1.807) is 19.4 Å². The van der Waals surface area contributed by atoms with Gasteiger partial charge in [-0.25, -0.2) is 5.43 Å². The third kappa shape index (κ3) is 5.68. The molecule has 0 aliphatic heterocycles. The molecule has 0 saturated heterocycles. The molecule has 1 N–H and O–H groups in total. The van der Waals surface area contributed by atoms with Crippen LogP contribution in [0.2, 0.25) is 0 Å². The van der Waals surface area contributed by atoms with Gasteiger partial charge in [0.1, 0.15) is 6.61 Å². The van der Waals surface area contributed by atoms with Crippen molar-refractivity contribution in [3.05, 3.63) is 95.6 Å². The predicted molar refractivity (Wildman–Crippen MR) is 116 cm³/mol. The van der Waals surface area contributed by atoms with Gasteiger partial charge in [-0.2, -0.15) is 5.10 Å². The summed E-state index contributed by atoms with van der Waals surface area (Å²) in [6.07, 6.45) is 0.811. The number of amides is 1. The van der Waals surface area contributed by atoms with Crippen LogP contribution in [0.15, 0.2) is 84.0 Å². The number of hydrogen-bond donors (Lipinski definition) is 1. The summed E-state index contributed by atoms with van der Waals surface area (Å²) < 4.78 is 16.6. The van der Waals surface area contributed by atoms with Gasteiger partial charge < -0.3 is 14.2 Å². The number of methoxy groups -OCH3 is 2. The van der Waals surface area contributed by atoms with Crippen molar-refractivity contribution in [1.29, 1.82) is 0 Å². The number of carbonyl (C=O) groups is 1. The molecule has 0 unspecified atom stereocenters. The topological polar surface area (TPSA) is 69.2 Å². The maximum absolute atomic E-state index is 12.4. The first-order valence-electron chi connectivity index (χ1n) is 9.46. The number of benzene rings is 3. The lowest BCUT2D eigenvalue weighted by molar-refractivity contribution is -0.131. The van der Waals surface area contributed by atoms with E-state index < -0.39 is 6.10 Å². The van der Waals surface area contributed by atoms with Crippen molar-refractivity contribution >= 4 is 12.1 Å². The van der Waals surface area contributed by atoms with Crippen molar-refractivity contribution in [2.45, 2.75) is 12.7 Å². The average Bonchev–Trinajstić information content (AvgIpc) is 2.80. The molecule has 6 nitrogen and oxygen atoms in total. The van der Waals surface area contributed by atoms with Gasteiger partial charge in [-0.3, -0.25) is 4.79 Å². The quantitative estimate of drug-likeness (QED) is 0.430. The van der Waals surface area contributed by atoms with Gasteiger partial charge in [0, 0.05) is 7.11 Å². The Morgan fingerprint density at radius 1 is 0.967 bits per heavy atom. The molecule has 6 heteroatoms. The van der Waals surface area contributed by atoms with Crippen molar-refractivity contribution in [3.63, 3.8) is 0 Å². The van der Waals surface area contributed by atoms with Gasteiger partial charge in [0.2, 0.25) is 0 Å². The van der Waals surface area contributed by atoms with Gasteiger partial charge in [0.15, 0.2) is 17.6 Å². The summed E-state index contributed by atoms with van der Waals surface area (Å²) in [5.41, 5.74) is 5.10. The number of nitrogens with zero attached hydrogens (tertiary/aromatic N) is 1. The second-order valence-electron chi connectivity index (χ2n) is 6.45. The predicted octanol–water partition coefficient (Wildman–Crippen LogP) is 4.11. The fourth-order valence-electron chi connectivity index (χ4n) is 2.87. The van der Waals surface area contributed by atoms with Crippen LogP contribution in [0.5, 0.6) is 11.5 Å². The van der Waals surface area contributed by atoms with E-state index in [1.165, 1.54) is 7.11 Å². The fourth-order valence-corrected chi connectivity index (χ4v) is 2.87. The van der Waals surface area contributed by atoms with Crippen molar-refractivity contribution in [2.75, 3.05) is 14.2 Å². The Kier molecular flexibility index (Phi) is 7.58. The minimum Gasteiger partial charge on any atom is -0.493 e. The zero-order valence-electron chi connectivity index (χ0n) is 16.9. The van der Waals surface area contributed by atoms with Crippen LogP contribution in [0.1, 0.15) is 22.8 Å². The molecule has 0 radical (unpaired) electrons. The molecular weight excluding hydrogens is 380 g/mol. The van der Waals surface area contributed by atoms with Crippen LogP contribution in [0.25, 0.3) is 0 Å². The number of rotatable bonds is 9. The SMILES string of the molecule is COc1cc(/C=N\NC(=O)[C@H](OC)c2ccccc2)ccc1OCc1ccccc1. The summed E-state index contributed by atoms with van der Waals surface area (Å²) in [5.74, 6) is 0.862. The lowest BCUT2D eigenvalue weighted by atomic mass is 10.1. The summed E-state index contributed by atoms with van der Waals surface area (Å²) in [7, 11) is 3.07. The van der Waals surface area contributed by atoms with Crippen molar-refractivity contribution in [3.8, 4) is 11.5 Å². The molecule has 3 aromatic rings. The second kappa shape index (κ2) is 10.8. The molecule has 1 amide bonds. The smallest absolute Gasteiger partial charge is 0.273 e. The van der Waals surface area contributed by atoms with Crippen molar-refractivity contribution < 1.29 is 19.0 Å². The van der Waals surface area contributed by atoms with Crippen molar-refractivity contribution in [1.82, 2.24) is 5.43 Å². The molecule has 0 aromatic heterocycles. The molecule has 0 heterocycles. The van der Waals surface area contributed by atoms with E-state index in [2.05, 4.69) is 10.5 Å². The summed E-state index contributed by atoms with van der Waals surface area (Å²) in [6, 6.07) is 24.6. The highest BCUT2D eigenvalue weighted by atomic mass is 16.5. The molecule has 0 aliphatic carbocycles.